The molecular formula is C25H34BrN3O6S. The number of carbonyl (C=O) groups is 4. The SMILES string of the molecule is CSCC[C@H](NC(=O)[C@@H]1C[C@@H]2CCC[C@@H]2N1C(=O)[C@@H](NC(=O)c1cc(Br)ccc1O)C(C)C)C(=O)O. The van der Waals surface area contributed by atoms with Crippen LogP contribution in [0.4, 0.5) is 0 Å². The Morgan fingerprint density at radius 1 is 1.19 bits per heavy atom. The molecule has 0 radical (unpaired) electrons. The summed E-state index contributed by atoms with van der Waals surface area (Å²) in [5.74, 6) is -2.26. The fourth-order valence-corrected chi connectivity index (χ4v) is 6.02. The first-order valence-electron chi connectivity index (χ1n) is 12.2. The number of carboxylic acid groups (broad SMARTS) is 1. The van der Waals surface area contributed by atoms with E-state index >= 15 is 0 Å². The van der Waals surface area contributed by atoms with E-state index in [9.17, 15) is 29.4 Å². The summed E-state index contributed by atoms with van der Waals surface area (Å²) in [7, 11) is 0. The predicted octanol–water partition coefficient (Wildman–Crippen LogP) is 3.00. The molecule has 9 nitrogen and oxygen atoms in total. The van der Waals surface area contributed by atoms with Gasteiger partial charge in [0.2, 0.25) is 11.8 Å². The summed E-state index contributed by atoms with van der Waals surface area (Å²) in [4.78, 5) is 53.5. The molecular weight excluding hydrogens is 550 g/mol. The summed E-state index contributed by atoms with van der Waals surface area (Å²) in [6, 6.07) is 1.62. The Morgan fingerprint density at radius 2 is 1.92 bits per heavy atom. The number of benzene rings is 1. The molecule has 4 N–H and O–H groups in total. The van der Waals surface area contributed by atoms with Crippen molar-refractivity contribution in [3.05, 3.63) is 28.2 Å². The minimum atomic E-state index is -1.10. The Morgan fingerprint density at radius 3 is 2.56 bits per heavy atom. The van der Waals surface area contributed by atoms with Crippen LogP contribution in [0.5, 0.6) is 5.75 Å². The maximum Gasteiger partial charge on any atom is 0.326 e. The smallest absolute Gasteiger partial charge is 0.326 e. The van der Waals surface area contributed by atoms with E-state index in [1.165, 1.54) is 23.9 Å². The molecule has 0 aromatic heterocycles. The molecule has 2 fully saturated rings. The number of aliphatic carboxylic acids is 1. The summed E-state index contributed by atoms with van der Waals surface area (Å²) in [5, 5.41) is 25.1. The van der Waals surface area contributed by atoms with Crippen LogP contribution in [0.25, 0.3) is 0 Å². The highest BCUT2D eigenvalue weighted by molar-refractivity contribution is 9.10. The molecule has 0 unspecified atom stereocenters. The lowest BCUT2D eigenvalue weighted by molar-refractivity contribution is -0.145. The first-order chi connectivity index (χ1) is 17.0. The van der Waals surface area contributed by atoms with Crippen LogP contribution in [0, 0.1) is 11.8 Å². The molecule has 5 atom stereocenters. The highest BCUT2D eigenvalue weighted by atomic mass is 79.9. The van der Waals surface area contributed by atoms with E-state index in [1.54, 1.807) is 11.0 Å². The highest BCUT2D eigenvalue weighted by Gasteiger charge is 2.50. The topological polar surface area (TPSA) is 136 Å². The van der Waals surface area contributed by atoms with Gasteiger partial charge < -0.3 is 25.7 Å². The van der Waals surface area contributed by atoms with Gasteiger partial charge in [-0.05, 0) is 67.7 Å². The zero-order chi connectivity index (χ0) is 26.6. The molecule has 2 aliphatic rings. The molecule has 3 rings (SSSR count). The van der Waals surface area contributed by atoms with Crippen molar-refractivity contribution in [3.8, 4) is 5.75 Å². The van der Waals surface area contributed by atoms with Crippen LogP contribution < -0.4 is 10.6 Å². The average molecular weight is 585 g/mol. The molecule has 1 saturated carbocycles. The molecule has 3 amide bonds. The summed E-state index contributed by atoms with van der Waals surface area (Å²) in [6.07, 6.45) is 5.24. The fourth-order valence-electron chi connectivity index (χ4n) is 5.18. The van der Waals surface area contributed by atoms with Crippen molar-refractivity contribution < 1.29 is 29.4 Å². The Bertz CT molecular complexity index is 1010. The molecule has 0 spiro atoms. The standard InChI is InChI=1S/C25H34BrN3O6S/c1-13(2)21(28-22(31)16-12-15(26)7-8-20(16)30)24(33)29-18-6-4-5-14(18)11-19(29)23(32)27-17(25(34)35)9-10-36-3/h7-8,12-14,17-19,21,30H,4-6,9-11H2,1-3H3,(H,27,32)(H,28,31)(H,34,35)/t14-,17-,18-,19-,21-/m0/s1. The van der Waals surface area contributed by atoms with E-state index < -0.39 is 35.9 Å². The second-order valence-corrected chi connectivity index (χ2v) is 11.7. The van der Waals surface area contributed by atoms with Gasteiger partial charge in [-0.25, -0.2) is 4.79 Å². The zero-order valence-electron chi connectivity index (χ0n) is 20.7. The van der Waals surface area contributed by atoms with Gasteiger partial charge in [-0.2, -0.15) is 11.8 Å². The van der Waals surface area contributed by atoms with Crippen molar-refractivity contribution in [1.82, 2.24) is 15.5 Å². The number of rotatable bonds is 10. The van der Waals surface area contributed by atoms with E-state index in [0.29, 0.717) is 16.6 Å². The monoisotopic (exact) mass is 583 g/mol. The molecule has 1 aromatic rings. The minimum Gasteiger partial charge on any atom is -0.507 e. The minimum absolute atomic E-state index is 0.0374. The van der Waals surface area contributed by atoms with Crippen molar-refractivity contribution in [2.24, 2.45) is 11.8 Å². The highest BCUT2D eigenvalue weighted by Crippen LogP contribution is 2.42. The quantitative estimate of drug-likeness (QED) is 0.332. The summed E-state index contributed by atoms with van der Waals surface area (Å²) < 4.78 is 0.609. The van der Waals surface area contributed by atoms with Crippen LogP contribution in [0.1, 0.15) is 56.3 Å². The number of likely N-dealkylation sites (tertiary alicyclic amines) is 1. The number of nitrogens with zero attached hydrogens (tertiary/aromatic N) is 1. The number of fused-ring (bicyclic) bond motifs is 1. The fraction of sp³-hybridized carbons (Fsp3) is 0.600. The van der Waals surface area contributed by atoms with Crippen molar-refractivity contribution in [2.75, 3.05) is 12.0 Å². The van der Waals surface area contributed by atoms with E-state index in [-0.39, 0.29) is 41.5 Å². The summed E-state index contributed by atoms with van der Waals surface area (Å²) in [6.45, 7) is 3.62. The molecule has 1 aliphatic heterocycles. The van der Waals surface area contributed by atoms with Crippen molar-refractivity contribution in [2.45, 2.75) is 70.1 Å². The number of aromatic hydroxyl groups is 1. The molecule has 1 aromatic carbocycles. The first-order valence-corrected chi connectivity index (χ1v) is 14.4. The van der Waals surface area contributed by atoms with E-state index in [0.717, 1.165) is 19.3 Å². The van der Waals surface area contributed by atoms with Crippen LogP contribution in [-0.2, 0) is 14.4 Å². The number of halogens is 1. The number of hydrogen-bond donors (Lipinski definition) is 4. The van der Waals surface area contributed by atoms with Gasteiger partial charge >= 0.3 is 5.97 Å². The first kappa shape index (κ1) is 28.3. The molecule has 11 heteroatoms. The molecule has 0 bridgehead atoms. The van der Waals surface area contributed by atoms with Crippen LogP contribution in [-0.4, -0.2) is 75.0 Å². The maximum absolute atomic E-state index is 13.9. The van der Waals surface area contributed by atoms with Gasteiger partial charge in [-0.15, -0.1) is 0 Å². The third kappa shape index (κ3) is 6.34. The maximum atomic E-state index is 13.9. The van der Waals surface area contributed by atoms with Crippen molar-refractivity contribution in [1.29, 1.82) is 0 Å². The second-order valence-electron chi connectivity index (χ2n) is 9.79. The molecule has 1 saturated heterocycles. The lowest BCUT2D eigenvalue weighted by Gasteiger charge is -2.34. The average Bonchev–Trinajstić information content (AvgIpc) is 3.42. The number of carbonyl (C=O) groups excluding carboxylic acids is 3. The van der Waals surface area contributed by atoms with Gasteiger partial charge in [0.05, 0.1) is 5.56 Å². The Labute approximate surface area is 223 Å². The van der Waals surface area contributed by atoms with Gasteiger partial charge in [0.25, 0.3) is 5.91 Å². The van der Waals surface area contributed by atoms with Crippen LogP contribution in [0.2, 0.25) is 0 Å². The number of amides is 3. The normalized spacial score (nSPS) is 22.7. The number of thioether (sulfide) groups is 1. The number of nitrogens with one attached hydrogen (secondary N) is 2. The zero-order valence-corrected chi connectivity index (χ0v) is 23.1. The molecule has 1 aliphatic carbocycles. The Kier molecular flexibility index (Phi) is 9.68. The van der Waals surface area contributed by atoms with Gasteiger partial charge in [-0.1, -0.05) is 36.2 Å². The third-order valence-corrected chi connectivity index (χ3v) is 8.18. The van der Waals surface area contributed by atoms with Gasteiger partial charge in [0.1, 0.15) is 23.9 Å². The summed E-state index contributed by atoms with van der Waals surface area (Å²) in [5.41, 5.74) is 0.0374. The van der Waals surface area contributed by atoms with Crippen LogP contribution in [0.3, 0.4) is 0 Å². The second kappa shape index (κ2) is 12.3. The summed E-state index contributed by atoms with van der Waals surface area (Å²) >= 11 is 4.79. The van der Waals surface area contributed by atoms with Gasteiger partial charge in [0.15, 0.2) is 0 Å². The van der Waals surface area contributed by atoms with Gasteiger partial charge in [-0.3, -0.25) is 14.4 Å². The third-order valence-electron chi connectivity index (χ3n) is 7.04. The predicted molar refractivity (Wildman–Crippen MR) is 141 cm³/mol. The number of hydrogen-bond acceptors (Lipinski definition) is 6. The number of carboxylic acids is 1. The largest absolute Gasteiger partial charge is 0.507 e. The van der Waals surface area contributed by atoms with E-state index in [1.807, 2.05) is 20.1 Å². The van der Waals surface area contributed by atoms with Gasteiger partial charge in [0, 0.05) is 10.5 Å². The van der Waals surface area contributed by atoms with Crippen molar-refractivity contribution >= 4 is 51.4 Å². The van der Waals surface area contributed by atoms with E-state index in [2.05, 4.69) is 26.6 Å². The molecule has 1 heterocycles. The number of phenolic OH excluding ortho intramolecular Hbond substituents is 1. The van der Waals surface area contributed by atoms with Crippen LogP contribution in [0.15, 0.2) is 22.7 Å². The van der Waals surface area contributed by atoms with E-state index in [4.69, 9.17) is 0 Å². The number of phenols is 1. The lowest BCUT2D eigenvalue weighted by atomic mass is 10.0. The Hall–Kier alpha value is -2.27. The Balaban J connectivity index is 1.83. The van der Waals surface area contributed by atoms with Crippen LogP contribution >= 0.6 is 27.7 Å². The molecule has 36 heavy (non-hydrogen) atoms. The molecule has 198 valence electrons. The lowest BCUT2D eigenvalue weighted by Crippen LogP contribution is -2.58. The van der Waals surface area contributed by atoms with Crippen molar-refractivity contribution in [3.63, 3.8) is 0 Å².